The fourth-order valence-electron chi connectivity index (χ4n) is 4.60. The van der Waals surface area contributed by atoms with E-state index in [0.717, 1.165) is 12.5 Å². The molecule has 1 fully saturated rings. The van der Waals surface area contributed by atoms with Gasteiger partial charge in [-0.15, -0.1) is 0 Å². The Kier molecular flexibility index (Phi) is 9.13. The standard InChI is InChI=1S/C28H32FN6O8P/c1-17(25(37)39-3)34-44(38,43-19-12-8-5-9-13-19)41-15-20-22(36)28(2,29)26(42-20)35-16-31-21-23(35)32-27(30)33-24(21)40-14-18-10-6-4-7-11-18/h4-13,16-17,20,22,26,36H,14-15H2,1-3H3,(H,34,38)(H2,30,32,33)/t17-,20+,22+,26+,28+,44?/m0/s1. The molecule has 16 heteroatoms. The number of nitrogens with zero attached hydrogens (tertiary/aromatic N) is 4. The van der Waals surface area contributed by atoms with Gasteiger partial charge in [0.25, 0.3) is 0 Å². The number of hydrogen-bond acceptors (Lipinski definition) is 12. The van der Waals surface area contributed by atoms with Crippen LogP contribution in [-0.2, 0) is 30.0 Å². The van der Waals surface area contributed by atoms with E-state index in [9.17, 15) is 14.5 Å². The van der Waals surface area contributed by atoms with Crippen molar-refractivity contribution in [1.29, 1.82) is 0 Å². The lowest BCUT2D eigenvalue weighted by Crippen LogP contribution is -2.41. The van der Waals surface area contributed by atoms with Gasteiger partial charge in [0.15, 0.2) is 23.1 Å². The maximum atomic E-state index is 16.1. The SMILES string of the molecule is COC(=O)[C@H](C)NP(=O)(OC[C@H]1O[C@@H](n2cnc3c(OCc4ccccc4)nc(N)nc32)[C@](C)(F)[C@@H]1O)Oc1ccccc1. The highest BCUT2D eigenvalue weighted by atomic mass is 31.2. The number of halogens is 1. The van der Waals surface area contributed by atoms with Gasteiger partial charge in [-0.1, -0.05) is 48.5 Å². The number of nitrogens with one attached hydrogen (secondary N) is 1. The number of anilines is 1. The summed E-state index contributed by atoms with van der Waals surface area (Å²) in [4.78, 5) is 24.7. The average Bonchev–Trinajstić information content (AvgIpc) is 3.52. The van der Waals surface area contributed by atoms with E-state index in [1.165, 1.54) is 37.1 Å². The van der Waals surface area contributed by atoms with Crippen LogP contribution in [-0.4, -0.2) is 68.2 Å². The number of para-hydroxylation sites is 1. The van der Waals surface area contributed by atoms with E-state index in [0.29, 0.717) is 0 Å². The van der Waals surface area contributed by atoms with Gasteiger partial charge in [-0.05, 0) is 31.5 Å². The quantitative estimate of drug-likeness (QED) is 0.153. The highest BCUT2D eigenvalue weighted by molar-refractivity contribution is 7.52. The number of carbonyl (C=O) groups excluding carboxylic acids is 1. The molecule has 14 nitrogen and oxygen atoms in total. The first-order valence-electron chi connectivity index (χ1n) is 13.5. The topological polar surface area (TPSA) is 182 Å². The minimum Gasteiger partial charge on any atom is -0.471 e. The molecule has 1 aliphatic heterocycles. The molecular weight excluding hydrogens is 598 g/mol. The molecule has 2 aromatic heterocycles. The van der Waals surface area contributed by atoms with Gasteiger partial charge in [0.1, 0.15) is 30.6 Å². The molecule has 0 spiro atoms. The Morgan fingerprint density at radius 2 is 1.89 bits per heavy atom. The van der Waals surface area contributed by atoms with Crippen molar-refractivity contribution in [2.24, 2.45) is 0 Å². The van der Waals surface area contributed by atoms with Crippen molar-refractivity contribution >= 4 is 30.8 Å². The second-order valence-corrected chi connectivity index (χ2v) is 11.9. The fraction of sp³-hybridized carbons (Fsp3) is 0.357. The zero-order valence-corrected chi connectivity index (χ0v) is 25.0. The van der Waals surface area contributed by atoms with E-state index >= 15 is 4.39 Å². The lowest BCUT2D eigenvalue weighted by atomic mass is 9.98. The molecule has 44 heavy (non-hydrogen) atoms. The van der Waals surface area contributed by atoms with Crippen molar-refractivity contribution in [3.63, 3.8) is 0 Å². The van der Waals surface area contributed by atoms with Gasteiger partial charge < -0.3 is 29.6 Å². The molecule has 4 N–H and O–H groups in total. The summed E-state index contributed by atoms with van der Waals surface area (Å²) in [6.45, 7) is 2.13. The smallest absolute Gasteiger partial charge is 0.459 e. The molecule has 0 bridgehead atoms. The van der Waals surface area contributed by atoms with Gasteiger partial charge in [0, 0.05) is 0 Å². The Balaban J connectivity index is 1.36. The van der Waals surface area contributed by atoms with Gasteiger partial charge in [-0.3, -0.25) is 13.9 Å². The summed E-state index contributed by atoms with van der Waals surface area (Å²) in [6.07, 6.45) is -3.26. The number of fused-ring (bicyclic) bond motifs is 1. The van der Waals surface area contributed by atoms with Crippen molar-refractivity contribution in [3.8, 4) is 11.6 Å². The van der Waals surface area contributed by atoms with E-state index in [4.69, 9.17) is 29.0 Å². The predicted octanol–water partition coefficient (Wildman–Crippen LogP) is 3.33. The summed E-state index contributed by atoms with van der Waals surface area (Å²) in [7, 11) is -3.12. The molecule has 5 rings (SSSR count). The number of alkyl halides is 1. The second kappa shape index (κ2) is 12.8. The number of ether oxygens (including phenoxy) is 3. The van der Waals surface area contributed by atoms with E-state index in [1.54, 1.807) is 18.2 Å². The summed E-state index contributed by atoms with van der Waals surface area (Å²) in [6, 6.07) is 16.4. The van der Waals surface area contributed by atoms with Crippen LogP contribution in [0.4, 0.5) is 10.3 Å². The van der Waals surface area contributed by atoms with Crippen molar-refractivity contribution in [1.82, 2.24) is 24.6 Å². The van der Waals surface area contributed by atoms with Gasteiger partial charge in [0.05, 0.1) is 20.0 Å². The third-order valence-electron chi connectivity index (χ3n) is 6.88. The number of hydrogen-bond donors (Lipinski definition) is 3. The van der Waals surface area contributed by atoms with Crippen LogP contribution in [0.25, 0.3) is 11.2 Å². The summed E-state index contributed by atoms with van der Waals surface area (Å²) in [5.74, 6) is -0.613. The van der Waals surface area contributed by atoms with Crippen LogP contribution in [0, 0.1) is 0 Å². The van der Waals surface area contributed by atoms with E-state index < -0.39 is 50.5 Å². The van der Waals surface area contributed by atoms with E-state index in [-0.39, 0.29) is 35.3 Å². The zero-order chi connectivity index (χ0) is 31.5. The van der Waals surface area contributed by atoms with Crippen LogP contribution in [0.15, 0.2) is 67.0 Å². The monoisotopic (exact) mass is 630 g/mol. The van der Waals surface area contributed by atoms with Crippen LogP contribution in [0.2, 0.25) is 0 Å². The number of carbonyl (C=O) groups is 1. The van der Waals surface area contributed by atoms with Gasteiger partial charge in [-0.25, -0.2) is 13.9 Å². The van der Waals surface area contributed by atoms with Crippen LogP contribution < -0.4 is 20.1 Å². The summed E-state index contributed by atoms with van der Waals surface area (Å²) < 4.78 is 58.7. The third-order valence-corrected chi connectivity index (χ3v) is 8.52. The normalized spacial score (nSPS) is 23.6. The minimum atomic E-state index is -4.29. The third kappa shape index (κ3) is 6.66. The molecule has 2 aromatic carbocycles. The largest absolute Gasteiger partial charge is 0.471 e. The number of esters is 1. The lowest BCUT2D eigenvalue weighted by Gasteiger charge is -2.25. The summed E-state index contributed by atoms with van der Waals surface area (Å²) >= 11 is 0. The number of rotatable bonds is 12. The predicted molar refractivity (Wildman–Crippen MR) is 155 cm³/mol. The Bertz CT molecular complexity index is 1640. The Hall–Kier alpha value is -4.14. The highest BCUT2D eigenvalue weighted by Crippen LogP contribution is 2.48. The number of aliphatic hydroxyl groups excluding tert-OH is 1. The molecule has 1 aliphatic rings. The van der Waals surface area contributed by atoms with E-state index in [2.05, 4.69) is 20.0 Å². The highest BCUT2D eigenvalue weighted by Gasteiger charge is 2.56. The molecule has 4 aromatic rings. The summed E-state index contributed by atoms with van der Waals surface area (Å²) in [5.41, 5.74) is 4.72. The average molecular weight is 631 g/mol. The Labute approximate surface area is 251 Å². The number of nitrogen functional groups attached to an aromatic ring is 1. The molecule has 6 atom stereocenters. The van der Waals surface area contributed by atoms with Crippen molar-refractivity contribution < 1.29 is 42.1 Å². The maximum Gasteiger partial charge on any atom is 0.459 e. The zero-order valence-electron chi connectivity index (χ0n) is 24.1. The van der Waals surface area contributed by atoms with Gasteiger partial charge in [-0.2, -0.15) is 15.1 Å². The number of aliphatic hydroxyl groups is 1. The second-order valence-electron chi connectivity index (χ2n) is 10.2. The first-order valence-corrected chi connectivity index (χ1v) is 15.1. The minimum absolute atomic E-state index is 0.0823. The maximum absolute atomic E-state index is 16.1. The number of methoxy groups -OCH3 is 1. The van der Waals surface area contributed by atoms with Gasteiger partial charge >= 0.3 is 13.7 Å². The molecule has 234 valence electrons. The Morgan fingerprint density at radius 1 is 1.20 bits per heavy atom. The first kappa shape index (κ1) is 31.3. The van der Waals surface area contributed by atoms with Crippen LogP contribution in [0.3, 0.4) is 0 Å². The van der Waals surface area contributed by atoms with Crippen molar-refractivity contribution in [3.05, 3.63) is 72.6 Å². The van der Waals surface area contributed by atoms with Crippen LogP contribution >= 0.6 is 7.75 Å². The number of imidazole rings is 1. The lowest BCUT2D eigenvalue weighted by molar-refractivity contribution is -0.142. The first-order chi connectivity index (χ1) is 21.0. The number of nitrogens with two attached hydrogens (primary N) is 1. The molecule has 0 saturated carbocycles. The molecule has 1 saturated heterocycles. The number of benzene rings is 2. The molecule has 0 aliphatic carbocycles. The fourth-order valence-corrected chi connectivity index (χ4v) is 6.11. The van der Waals surface area contributed by atoms with Crippen LogP contribution in [0.1, 0.15) is 25.6 Å². The molecule has 1 unspecified atom stereocenters. The summed E-state index contributed by atoms with van der Waals surface area (Å²) in [5, 5.41) is 13.4. The number of aromatic nitrogens is 4. The van der Waals surface area contributed by atoms with Crippen molar-refractivity contribution in [2.45, 2.75) is 50.6 Å². The van der Waals surface area contributed by atoms with Gasteiger partial charge in [0.2, 0.25) is 11.8 Å². The van der Waals surface area contributed by atoms with Crippen LogP contribution in [0.5, 0.6) is 11.6 Å². The molecule has 0 radical (unpaired) electrons. The van der Waals surface area contributed by atoms with E-state index in [1.807, 2.05) is 30.3 Å². The molecule has 0 amide bonds. The Morgan fingerprint density at radius 3 is 2.57 bits per heavy atom. The molecule has 3 heterocycles. The molecular formula is C28H32FN6O8P. The van der Waals surface area contributed by atoms with Crippen molar-refractivity contribution in [2.75, 3.05) is 19.5 Å².